The van der Waals surface area contributed by atoms with Crippen LogP contribution in [-0.4, -0.2) is 36.6 Å². The fourth-order valence-corrected chi connectivity index (χ4v) is 1.01. The van der Waals surface area contributed by atoms with E-state index >= 15 is 0 Å². The summed E-state index contributed by atoms with van der Waals surface area (Å²) in [5.41, 5.74) is 0. The molecule has 1 saturated heterocycles. The van der Waals surface area contributed by atoms with Crippen LogP contribution < -0.4 is 0 Å². The first-order valence-corrected chi connectivity index (χ1v) is 3.72. The Morgan fingerprint density at radius 3 is 1.71 bits per heavy atom. The van der Waals surface area contributed by atoms with E-state index in [1.54, 1.807) is 0 Å². The van der Waals surface area contributed by atoms with Gasteiger partial charge in [-0.25, -0.2) is 4.79 Å². The van der Waals surface area contributed by atoms with Gasteiger partial charge < -0.3 is 9.47 Å². The molecule has 1 fully saturated rings. The van der Waals surface area contributed by atoms with Crippen molar-refractivity contribution in [2.24, 2.45) is 0 Å². The van der Waals surface area contributed by atoms with Crippen molar-refractivity contribution < 1.29 is 49.4 Å². The number of cyclic esters (lactones) is 1. The first-order chi connectivity index (χ1) is 7.35. The van der Waals surface area contributed by atoms with Gasteiger partial charge in [0.2, 0.25) is 0 Å². The zero-order valence-electron chi connectivity index (χ0n) is 7.46. The molecule has 1 aliphatic heterocycles. The van der Waals surface area contributed by atoms with E-state index in [2.05, 4.69) is 9.47 Å². The van der Waals surface area contributed by atoms with Crippen LogP contribution in [0, 0.1) is 0 Å². The Kier molecular flexibility index (Phi) is 2.81. The molecular formula is C6H2F8O3. The van der Waals surface area contributed by atoms with Crippen LogP contribution in [0.4, 0.5) is 35.1 Å². The van der Waals surface area contributed by atoms with Crippen molar-refractivity contribution in [1.82, 2.24) is 0 Å². The summed E-state index contributed by atoms with van der Waals surface area (Å²) in [6.45, 7) is -1.79. The molecule has 1 aliphatic rings. The molecule has 0 amide bonds. The number of carbonyl (C=O) groups excluding carboxylic acids is 1. The second kappa shape index (κ2) is 3.43. The van der Waals surface area contributed by atoms with Gasteiger partial charge in [0.1, 0.15) is 6.61 Å². The van der Waals surface area contributed by atoms with E-state index in [0.29, 0.717) is 0 Å². The van der Waals surface area contributed by atoms with Crippen molar-refractivity contribution in [3.8, 4) is 0 Å². The molecule has 3 nitrogen and oxygen atoms in total. The third-order valence-electron chi connectivity index (χ3n) is 1.79. The Morgan fingerprint density at radius 1 is 0.941 bits per heavy atom. The third-order valence-corrected chi connectivity index (χ3v) is 1.79. The Labute approximate surface area is 87.3 Å². The molecule has 0 bridgehead atoms. The Balaban J connectivity index is 3.33. The highest BCUT2D eigenvalue weighted by molar-refractivity contribution is 5.72. The molecule has 1 rings (SSSR count). The molecule has 0 aromatic carbocycles. The zero-order chi connectivity index (χ0) is 13.7. The molecule has 1 unspecified atom stereocenters. The van der Waals surface area contributed by atoms with Gasteiger partial charge in [-0.05, 0) is 0 Å². The van der Waals surface area contributed by atoms with Gasteiger partial charge in [0.15, 0.2) is 0 Å². The second-order valence-electron chi connectivity index (χ2n) is 2.95. The number of esters is 1. The smallest absolute Gasteiger partial charge is 0.413 e. The molecule has 0 aromatic rings. The number of rotatable bonds is 0. The summed E-state index contributed by atoms with van der Waals surface area (Å²) in [4.78, 5) is 10.3. The van der Waals surface area contributed by atoms with Crippen molar-refractivity contribution in [2.75, 3.05) is 6.61 Å². The first-order valence-electron chi connectivity index (χ1n) is 3.72. The van der Waals surface area contributed by atoms with Gasteiger partial charge in [-0.15, -0.1) is 0 Å². The molecule has 0 N–H and O–H groups in total. The summed E-state index contributed by atoms with van der Waals surface area (Å²) < 4.78 is 104. The van der Waals surface area contributed by atoms with E-state index in [1.165, 1.54) is 0 Å². The van der Waals surface area contributed by atoms with Gasteiger partial charge in [-0.3, -0.25) is 0 Å². The molecule has 0 aromatic heterocycles. The average molecular weight is 274 g/mol. The van der Waals surface area contributed by atoms with Crippen LogP contribution in [0.15, 0.2) is 0 Å². The molecule has 0 radical (unpaired) electrons. The third kappa shape index (κ3) is 1.81. The SMILES string of the molecule is O=C1COC(F)(C(F)(F)F)[C@](F)(C(F)(F)F)O1. The maximum atomic E-state index is 13.1. The lowest BCUT2D eigenvalue weighted by Gasteiger charge is -2.41. The van der Waals surface area contributed by atoms with E-state index < -0.39 is 36.6 Å². The summed E-state index contributed by atoms with van der Waals surface area (Å²) >= 11 is 0. The highest BCUT2D eigenvalue weighted by Crippen LogP contribution is 2.54. The van der Waals surface area contributed by atoms with Gasteiger partial charge >= 0.3 is 30.0 Å². The average Bonchev–Trinajstić information content (AvgIpc) is 2.08. The van der Waals surface area contributed by atoms with Crippen molar-refractivity contribution >= 4 is 5.97 Å². The topological polar surface area (TPSA) is 35.5 Å². The number of ether oxygens (including phenoxy) is 2. The molecule has 11 heteroatoms. The fourth-order valence-electron chi connectivity index (χ4n) is 1.01. The quantitative estimate of drug-likeness (QED) is 0.500. The standard InChI is InChI=1S/C6H2F8O3/c7-3(5(9,10)11)4(8,6(12,13)14)17-2(15)1-16-3/h1H2/t3?,4-/m1/s1. The maximum Gasteiger partial charge on any atom is 0.467 e. The number of carbonyl (C=O) groups is 1. The molecule has 2 atom stereocenters. The number of hydrogen-bond acceptors (Lipinski definition) is 3. The van der Waals surface area contributed by atoms with Crippen molar-refractivity contribution in [2.45, 2.75) is 24.1 Å². The molecule has 17 heavy (non-hydrogen) atoms. The van der Waals surface area contributed by atoms with Crippen LogP contribution in [-0.2, 0) is 14.3 Å². The minimum absolute atomic E-state index is 1.79. The number of halogens is 8. The van der Waals surface area contributed by atoms with Crippen LogP contribution in [0.3, 0.4) is 0 Å². The minimum Gasteiger partial charge on any atom is -0.413 e. The number of alkyl halides is 8. The Bertz CT molecular complexity index is 335. The van der Waals surface area contributed by atoms with Crippen LogP contribution in [0.2, 0.25) is 0 Å². The van der Waals surface area contributed by atoms with Crippen LogP contribution in [0.5, 0.6) is 0 Å². The van der Waals surface area contributed by atoms with E-state index in [9.17, 15) is 39.9 Å². The van der Waals surface area contributed by atoms with E-state index in [-0.39, 0.29) is 0 Å². The van der Waals surface area contributed by atoms with E-state index in [4.69, 9.17) is 0 Å². The summed E-state index contributed by atoms with van der Waals surface area (Å²) in [6.07, 6.45) is -12.8. The summed E-state index contributed by atoms with van der Waals surface area (Å²) in [5, 5.41) is 0. The second-order valence-corrected chi connectivity index (χ2v) is 2.95. The van der Waals surface area contributed by atoms with Crippen molar-refractivity contribution in [1.29, 1.82) is 0 Å². The van der Waals surface area contributed by atoms with Crippen molar-refractivity contribution in [3.63, 3.8) is 0 Å². The summed E-state index contributed by atoms with van der Waals surface area (Å²) in [7, 11) is 0. The van der Waals surface area contributed by atoms with Crippen LogP contribution in [0.1, 0.15) is 0 Å². The molecular weight excluding hydrogens is 272 g/mol. The van der Waals surface area contributed by atoms with Gasteiger partial charge in [0.05, 0.1) is 0 Å². The zero-order valence-corrected chi connectivity index (χ0v) is 7.46. The maximum absolute atomic E-state index is 13.1. The number of hydrogen-bond donors (Lipinski definition) is 0. The lowest BCUT2D eigenvalue weighted by molar-refractivity contribution is -0.481. The van der Waals surface area contributed by atoms with Crippen LogP contribution >= 0.6 is 0 Å². The van der Waals surface area contributed by atoms with E-state index in [0.717, 1.165) is 0 Å². The summed E-state index contributed by atoms with van der Waals surface area (Å²) in [6, 6.07) is 0. The van der Waals surface area contributed by atoms with Gasteiger partial charge in [-0.1, -0.05) is 0 Å². The molecule has 0 saturated carbocycles. The largest absolute Gasteiger partial charge is 0.467 e. The van der Waals surface area contributed by atoms with Gasteiger partial charge in [-0.2, -0.15) is 35.1 Å². The molecule has 1 heterocycles. The van der Waals surface area contributed by atoms with Crippen molar-refractivity contribution in [3.05, 3.63) is 0 Å². The molecule has 0 spiro atoms. The van der Waals surface area contributed by atoms with Gasteiger partial charge in [0.25, 0.3) is 0 Å². The predicted octanol–water partition coefficient (Wildman–Crippen LogP) is 2.02. The molecule has 100 valence electrons. The van der Waals surface area contributed by atoms with Gasteiger partial charge in [0, 0.05) is 0 Å². The first kappa shape index (κ1) is 13.9. The minimum atomic E-state index is -6.45. The monoisotopic (exact) mass is 274 g/mol. The molecule has 0 aliphatic carbocycles. The highest BCUT2D eigenvalue weighted by atomic mass is 19.4. The van der Waals surface area contributed by atoms with Crippen LogP contribution in [0.25, 0.3) is 0 Å². The lowest BCUT2D eigenvalue weighted by atomic mass is 10.1. The Morgan fingerprint density at radius 2 is 1.35 bits per heavy atom. The lowest BCUT2D eigenvalue weighted by Crippen LogP contribution is -2.70. The normalized spacial score (nSPS) is 35.6. The Hall–Kier alpha value is -1.13. The highest BCUT2D eigenvalue weighted by Gasteiger charge is 2.85. The fraction of sp³-hybridized carbons (Fsp3) is 0.833. The van der Waals surface area contributed by atoms with E-state index in [1.807, 2.05) is 0 Å². The summed E-state index contributed by atoms with van der Waals surface area (Å²) in [5.74, 6) is -13.8. The predicted molar refractivity (Wildman–Crippen MR) is 31.8 cm³/mol.